The van der Waals surface area contributed by atoms with Crippen LogP contribution >= 0.6 is 0 Å². The molecule has 3 aromatic rings. The van der Waals surface area contributed by atoms with Gasteiger partial charge in [0, 0.05) is 6.42 Å². The molecule has 0 unspecified atom stereocenters. The van der Waals surface area contributed by atoms with Crippen molar-refractivity contribution in [3.05, 3.63) is 76.6 Å². The summed E-state index contributed by atoms with van der Waals surface area (Å²) in [6.45, 7) is 5.70. The number of aromatic nitrogens is 3. The minimum absolute atomic E-state index is 0.0858. The number of nitrogens with zero attached hydrogens (tertiary/aromatic N) is 5. The van der Waals surface area contributed by atoms with E-state index in [0.717, 1.165) is 28.1 Å². The molecule has 2 heterocycles. The van der Waals surface area contributed by atoms with Gasteiger partial charge in [-0.1, -0.05) is 48.0 Å². The average molecular weight is 417 g/mol. The van der Waals surface area contributed by atoms with Crippen LogP contribution in [-0.4, -0.2) is 50.7 Å². The number of carbonyl (C=O) groups is 2. The van der Waals surface area contributed by atoms with Crippen LogP contribution < -0.4 is 0 Å². The highest BCUT2D eigenvalue weighted by Gasteiger charge is 2.24. The van der Waals surface area contributed by atoms with E-state index >= 15 is 0 Å². The summed E-state index contributed by atoms with van der Waals surface area (Å²) >= 11 is 0. The van der Waals surface area contributed by atoms with Gasteiger partial charge in [-0.15, -0.1) is 5.10 Å². The van der Waals surface area contributed by atoms with Gasteiger partial charge < -0.3 is 4.74 Å². The first-order valence-corrected chi connectivity index (χ1v) is 10.0. The summed E-state index contributed by atoms with van der Waals surface area (Å²) in [4.78, 5) is 26.4. The van der Waals surface area contributed by atoms with Crippen molar-refractivity contribution in [2.45, 2.75) is 27.2 Å². The lowest BCUT2D eigenvalue weighted by Gasteiger charge is -2.11. The fourth-order valence-corrected chi connectivity index (χ4v) is 3.45. The number of hydrogen-bond donors (Lipinski definition) is 0. The van der Waals surface area contributed by atoms with Gasteiger partial charge in [0.1, 0.15) is 0 Å². The van der Waals surface area contributed by atoms with Crippen LogP contribution in [0.4, 0.5) is 0 Å². The monoisotopic (exact) mass is 417 g/mol. The van der Waals surface area contributed by atoms with Crippen LogP contribution in [0.25, 0.3) is 5.69 Å². The van der Waals surface area contributed by atoms with Gasteiger partial charge in [-0.25, -0.2) is 9.80 Å². The quantitative estimate of drug-likeness (QED) is 0.596. The summed E-state index contributed by atoms with van der Waals surface area (Å²) in [5, 5.41) is 14.3. The van der Waals surface area contributed by atoms with Crippen LogP contribution in [0.1, 0.15) is 39.3 Å². The first kappa shape index (κ1) is 20.5. The van der Waals surface area contributed by atoms with Crippen molar-refractivity contribution in [3.63, 3.8) is 0 Å². The number of hydrogen-bond acceptors (Lipinski definition) is 6. The van der Waals surface area contributed by atoms with E-state index in [4.69, 9.17) is 4.74 Å². The topological polar surface area (TPSA) is 89.7 Å². The molecule has 0 bridgehead atoms. The van der Waals surface area contributed by atoms with Crippen molar-refractivity contribution in [2.24, 2.45) is 5.10 Å². The van der Waals surface area contributed by atoms with E-state index in [1.54, 1.807) is 6.92 Å². The Bertz CT molecular complexity index is 1170. The summed E-state index contributed by atoms with van der Waals surface area (Å²) in [6, 6.07) is 15.6. The maximum atomic E-state index is 12.5. The largest absolute Gasteiger partial charge is 0.451 e. The number of carbonyl (C=O) groups excluding carboxylic acids is 2. The normalized spacial score (nSPS) is 13.3. The van der Waals surface area contributed by atoms with Crippen LogP contribution in [0.5, 0.6) is 0 Å². The molecule has 8 heteroatoms. The Balaban J connectivity index is 1.41. The smallest absolute Gasteiger partial charge is 0.361 e. The van der Waals surface area contributed by atoms with Crippen LogP contribution in [0, 0.1) is 20.8 Å². The van der Waals surface area contributed by atoms with Crippen LogP contribution in [0.3, 0.4) is 0 Å². The Morgan fingerprint density at radius 1 is 1.03 bits per heavy atom. The number of benzene rings is 2. The molecule has 0 saturated heterocycles. The molecule has 0 saturated carbocycles. The predicted molar refractivity (Wildman–Crippen MR) is 115 cm³/mol. The standard InChI is InChI=1S/C23H23N5O3/c1-15-9-10-20(16(2)13-15)28-24-17(3)22(26-28)23(30)31-14-21(29)27-12-11-19(25-27)18-7-5-4-6-8-18/h4-10,13H,11-12,14H2,1-3H3. The van der Waals surface area contributed by atoms with Gasteiger partial charge in [-0.3, -0.25) is 4.79 Å². The highest BCUT2D eigenvalue weighted by molar-refractivity contribution is 6.02. The molecule has 0 spiro atoms. The summed E-state index contributed by atoms with van der Waals surface area (Å²) < 4.78 is 5.21. The Morgan fingerprint density at radius 3 is 2.55 bits per heavy atom. The molecule has 0 aliphatic carbocycles. The average Bonchev–Trinajstić information content (AvgIpc) is 3.40. The van der Waals surface area contributed by atoms with Crippen molar-refractivity contribution in [1.82, 2.24) is 20.0 Å². The van der Waals surface area contributed by atoms with Crippen LogP contribution in [0.15, 0.2) is 53.6 Å². The van der Waals surface area contributed by atoms with E-state index in [-0.39, 0.29) is 11.6 Å². The van der Waals surface area contributed by atoms with Gasteiger partial charge in [0.15, 0.2) is 12.3 Å². The Morgan fingerprint density at radius 2 is 1.81 bits per heavy atom. The second kappa shape index (κ2) is 8.51. The van der Waals surface area contributed by atoms with Gasteiger partial charge in [-0.05, 0) is 38.0 Å². The highest BCUT2D eigenvalue weighted by Crippen LogP contribution is 2.16. The molecular weight excluding hydrogens is 394 g/mol. The molecule has 1 aliphatic heterocycles. The molecule has 0 fully saturated rings. The molecule has 1 amide bonds. The molecule has 1 aliphatic rings. The zero-order valence-electron chi connectivity index (χ0n) is 17.7. The van der Waals surface area contributed by atoms with Gasteiger partial charge in [0.05, 0.1) is 23.6 Å². The summed E-state index contributed by atoms with van der Waals surface area (Å²) in [7, 11) is 0. The first-order valence-electron chi connectivity index (χ1n) is 10.0. The van der Waals surface area contributed by atoms with E-state index in [9.17, 15) is 9.59 Å². The summed E-state index contributed by atoms with van der Waals surface area (Å²) in [6.07, 6.45) is 0.660. The van der Waals surface area contributed by atoms with Gasteiger partial charge in [0.25, 0.3) is 5.91 Å². The number of rotatable bonds is 5. The van der Waals surface area contributed by atoms with Crippen molar-refractivity contribution < 1.29 is 14.3 Å². The zero-order chi connectivity index (χ0) is 22.0. The lowest BCUT2D eigenvalue weighted by molar-refractivity contribution is -0.134. The van der Waals surface area contributed by atoms with E-state index in [2.05, 4.69) is 15.3 Å². The number of hydrazone groups is 1. The van der Waals surface area contributed by atoms with Crippen molar-refractivity contribution in [2.75, 3.05) is 13.2 Å². The minimum Gasteiger partial charge on any atom is -0.451 e. The molecule has 0 radical (unpaired) electrons. The highest BCUT2D eigenvalue weighted by atomic mass is 16.5. The molecule has 4 rings (SSSR count). The maximum Gasteiger partial charge on any atom is 0.361 e. The zero-order valence-corrected chi connectivity index (χ0v) is 17.7. The van der Waals surface area contributed by atoms with Gasteiger partial charge in [-0.2, -0.15) is 15.0 Å². The number of esters is 1. The SMILES string of the molecule is Cc1ccc(-n2nc(C)c(C(=O)OCC(=O)N3CCC(c4ccccc4)=N3)n2)c(C)c1. The lowest BCUT2D eigenvalue weighted by atomic mass is 10.1. The van der Waals surface area contributed by atoms with E-state index in [1.165, 1.54) is 9.81 Å². The third-order valence-electron chi connectivity index (χ3n) is 5.07. The van der Waals surface area contributed by atoms with Crippen molar-refractivity contribution in [3.8, 4) is 5.69 Å². The lowest BCUT2D eigenvalue weighted by Crippen LogP contribution is -2.29. The fraction of sp³-hybridized carbons (Fsp3) is 0.261. The van der Waals surface area contributed by atoms with E-state index in [0.29, 0.717) is 18.7 Å². The molecule has 0 N–H and O–H groups in total. The fourth-order valence-electron chi connectivity index (χ4n) is 3.45. The van der Waals surface area contributed by atoms with E-state index < -0.39 is 12.6 Å². The van der Waals surface area contributed by atoms with Crippen LogP contribution in [-0.2, 0) is 9.53 Å². The van der Waals surface area contributed by atoms with Crippen molar-refractivity contribution in [1.29, 1.82) is 0 Å². The molecule has 1 aromatic heterocycles. The molecular formula is C23H23N5O3. The van der Waals surface area contributed by atoms with Gasteiger partial charge >= 0.3 is 5.97 Å². The molecule has 8 nitrogen and oxygen atoms in total. The molecule has 0 atom stereocenters. The Hall–Kier alpha value is -3.81. The van der Waals surface area contributed by atoms with Gasteiger partial charge in [0.2, 0.25) is 0 Å². The third-order valence-corrected chi connectivity index (χ3v) is 5.07. The number of ether oxygens (including phenoxy) is 1. The minimum atomic E-state index is -0.687. The van der Waals surface area contributed by atoms with Crippen molar-refractivity contribution >= 4 is 17.6 Å². The molecule has 2 aromatic carbocycles. The first-order chi connectivity index (χ1) is 14.9. The van der Waals surface area contributed by atoms with E-state index in [1.807, 2.05) is 62.4 Å². The summed E-state index contributed by atoms with van der Waals surface area (Å²) in [5.41, 5.74) is 5.24. The number of amides is 1. The Kier molecular flexibility index (Phi) is 5.62. The van der Waals surface area contributed by atoms with Crippen LogP contribution in [0.2, 0.25) is 0 Å². The summed E-state index contributed by atoms with van der Waals surface area (Å²) in [5.74, 6) is -1.06. The molecule has 31 heavy (non-hydrogen) atoms. The second-order valence-corrected chi connectivity index (χ2v) is 7.47. The third kappa shape index (κ3) is 4.37. The maximum absolute atomic E-state index is 12.5. The number of aryl methyl sites for hydroxylation is 3. The Labute approximate surface area is 180 Å². The second-order valence-electron chi connectivity index (χ2n) is 7.47. The molecule has 158 valence electrons. The predicted octanol–water partition coefficient (Wildman–Crippen LogP) is 2.99.